The van der Waals surface area contributed by atoms with E-state index in [1.165, 1.54) is 37.7 Å². The fraction of sp³-hybridized carbons (Fsp3) is 0.625. The predicted octanol–water partition coefficient (Wildman–Crippen LogP) is 4.19. The van der Waals surface area contributed by atoms with Gasteiger partial charge in [-0.15, -0.1) is 0 Å². The average Bonchev–Trinajstić information content (AvgIpc) is 2.43. The van der Waals surface area contributed by atoms with Crippen molar-refractivity contribution in [3.8, 4) is 5.75 Å². The molecule has 0 aromatic heterocycles. The number of benzene rings is 1. The van der Waals surface area contributed by atoms with Gasteiger partial charge in [-0.25, -0.2) is 0 Å². The van der Waals surface area contributed by atoms with Crippen LogP contribution in [-0.2, 0) is 0 Å². The Labute approximate surface area is 123 Å². The Balaban J connectivity index is 1.74. The molecule has 1 aromatic rings. The summed E-state index contributed by atoms with van der Waals surface area (Å²) in [6, 6.07) is 6.58. The van der Waals surface area contributed by atoms with Crippen molar-refractivity contribution in [2.45, 2.75) is 57.6 Å². The van der Waals surface area contributed by atoms with Crippen LogP contribution in [-0.4, -0.2) is 12.1 Å². The van der Waals surface area contributed by atoms with E-state index in [4.69, 9.17) is 10.5 Å². The van der Waals surface area contributed by atoms with Gasteiger partial charge in [-0.05, 0) is 43.5 Å². The zero-order valence-electron chi connectivity index (χ0n) is 11.5. The highest BCUT2D eigenvalue weighted by Crippen LogP contribution is 2.52. The molecule has 2 atom stereocenters. The van der Waals surface area contributed by atoms with Crippen LogP contribution in [0.5, 0.6) is 5.75 Å². The third-order valence-corrected chi connectivity index (χ3v) is 5.93. The number of hydrogen-bond donors (Lipinski definition) is 1. The van der Waals surface area contributed by atoms with Crippen LogP contribution >= 0.6 is 15.9 Å². The fourth-order valence-corrected chi connectivity index (χ4v) is 3.95. The Morgan fingerprint density at radius 2 is 2.00 bits per heavy atom. The van der Waals surface area contributed by atoms with Crippen molar-refractivity contribution in [3.63, 3.8) is 0 Å². The van der Waals surface area contributed by atoms with E-state index < -0.39 is 0 Å². The van der Waals surface area contributed by atoms with Crippen molar-refractivity contribution in [3.05, 3.63) is 28.2 Å². The Morgan fingerprint density at radius 1 is 1.26 bits per heavy atom. The molecule has 1 aromatic carbocycles. The zero-order valence-corrected chi connectivity index (χ0v) is 13.1. The van der Waals surface area contributed by atoms with E-state index in [1.807, 2.05) is 0 Å². The van der Waals surface area contributed by atoms with E-state index in [0.717, 1.165) is 16.6 Å². The summed E-state index contributed by atoms with van der Waals surface area (Å²) >= 11 is 3.53. The van der Waals surface area contributed by atoms with Crippen LogP contribution in [0.4, 0.5) is 0 Å². The van der Waals surface area contributed by atoms with Crippen molar-refractivity contribution in [1.29, 1.82) is 0 Å². The number of aryl methyl sites for hydroxylation is 1. The Kier molecular flexibility index (Phi) is 3.61. The van der Waals surface area contributed by atoms with E-state index in [0.29, 0.717) is 12.1 Å². The van der Waals surface area contributed by atoms with Gasteiger partial charge in [-0.1, -0.05) is 35.2 Å². The predicted molar refractivity (Wildman–Crippen MR) is 81.4 cm³/mol. The van der Waals surface area contributed by atoms with Gasteiger partial charge in [0.2, 0.25) is 0 Å². The van der Waals surface area contributed by atoms with Gasteiger partial charge in [0, 0.05) is 22.4 Å². The van der Waals surface area contributed by atoms with Crippen LogP contribution in [0.1, 0.15) is 44.1 Å². The molecule has 2 fully saturated rings. The standard InChI is InChI=1S/C16H22BrNO/c1-11-9-12(5-6-13(11)17)19-15-10-14(18)16(15)7-3-2-4-8-16/h5-6,9,14-15H,2-4,7-8,10,18H2,1H3. The molecule has 1 spiro atoms. The first-order chi connectivity index (χ1) is 9.12. The van der Waals surface area contributed by atoms with Crippen molar-refractivity contribution in [2.24, 2.45) is 11.1 Å². The van der Waals surface area contributed by atoms with E-state index in [9.17, 15) is 0 Å². The lowest BCUT2D eigenvalue weighted by atomic mass is 9.55. The summed E-state index contributed by atoms with van der Waals surface area (Å²) in [5, 5.41) is 0. The van der Waals surface area contributed by atoms with Crippen molar-refractivity contribution in [2.75, 3.05) is 0 Å². The minimum atomic E-state index is 0.263. The third-order valence-electron chi connectivity index (χ3n) is 5.04. The number of ether oxygens (including phenoxy) is 1. The summed E-state index contributed by atoms with van der Waals surface area (Å²) in [7, 11) is 0. The molecule has 2 aliphatic rings. The lowest BCUT2D eigenvalue weighted by Crippen LogP contribution is -2.64. The summed E-state index contributed by atoms with van der Waals surface area (Å²) < 4.78 is 7.39. The number of halogens is 1. The van der Waals surface area contributed by atoms with Gasteiger partial charge >= 0.3 is 0 Å². The highest BCUT2D eigenvalue weighted by molar-refractivity contribution is 9.10. The number of nitrogens with two attached hydrogens (primary N) is 1. The minimum absolute atomic E-state index is 0.263. The molecule has 0 saturated heterocycles. The second-order valence-electron chi connectivity index (χ2n) is 6.15. The van der Waals surface area contributed by atoms with Crippen molar-refractivity contribution < 1.29 is 4.74 Å². The van der Waals surface area contributed by atoms with Gasteiger partial charge in [-0.2, -0.15) is 0 Å². The van der Waals surface area contributed by atoms with Crippen LogP contribution in [0, 0.1) is 12.3 Å². The molecule has 2 unspecified atom stereocenters. The van der Waals surface area contributed by atoms with Gasteiger partial charge in [0.15, 0.2) is 0 Å². The molecule has 0 radical (unpaired) electrons. The summed E-state index contributed by atoms with van der Waals surface area (Å²) in [4.78, 5) is 0. The molecule has 0 amide bonds. The maximum atomic E-state index is 6.30. The molecule has 104 valence electrons. The maximum absolute atomic E-state index is 6.30. The monoisotopic (exact) mass is 323 g/mol. The number of rotatable bonds is 2. The second-order valence-corrected chi connectivity index (χ2v) is 7.01. The third kappa shape index (κ3) is 2.31. The van der Waals surface area contributed by atoms with Crippen LogP contribution in [0.25, 0.3) is 0 Å². The topological polar surface area (TPSA) is 35.2 Å². The zero-order chi connectivity index (χ0) is 13.5. The lowest BCUT2D eigenvalue weighted by molar-refractivity contribution is -0.0898. The molecule has 2 saturated carbocycles. The minimum Gasteiger partial charge on any atom is -0.490 e. The molecule has 0 aliphatic heterocycles. The van der Waals surface area contributed by atoms with E-state index in [1.54, 1.807) is 0 Å². The van der Waals surface area contributed by atoms with Crippen LogP contribution < -0.4 is 10.5 Å². The summed E-state index contributed by atoms with van der Waals surface area (Å²) in [5.41, 5.74) is 7.78. The van der Waals surface area contributed by atoms with Crippen LogP contribution in [0.2, 0.25) is 0 Å². The molecule has 2 aliphatic carbocycles. The Morgan fingerprint density at radius 3 is 2.63 bits per heavy atom. The van der Waals surface area contributed by atoms with Crippen LogP contribution in [0.3, 0.4) is 0 Å². The molecule has 3 rings (SSSR count). The molecule has 0 heterocycles. The first-order valence-electron chi connectivity index (χ1n) is 7.30. The Hall–Kier alpha value is -0.540. The molecule has 19 heavy (non-hydrogen) atoms. The van der Waals surface area contributed by atoms with Crippen molar-refractivity contribution in [1.82, 2.24) is 0 Å². The van der Waals surface area contributed by atoms with Gasteiger partial charge < -0.3 is 10.5 Å². The highest BCUT2D eigenvalue weighted by Gasteiger charge is 2.54. The fourth-order valence-electron chi connectivity index (χ4n) is 3.70. The van der Waals surface area contributed by atoms with E-state index in [-0.39, 0.29) is 5.41 Å². The average molecular weight is 324 g/mol. The normalized spacial score (nSPS) is 29.0. The van der Waals surface area contributed by atoms with E-state index >= 15 is 0 Å². The molecular formula is C16H22BrNO. The summed E-state index contributed by atoms with van der Waals surface area (Å²) in [6.45, 7) is 2.10. The smallest absolute Gasteiger partial charge is 0.120 e. The van der Waals surface area contributed by atoms with E-state index in [2.05, 4.69) is 41.1 Å². The second kappa shape index (κ2) is 5.10. The first-order valence-corrected chi connectivity index (χ1v) is 8.09. The first kappa shape index (κ1) is 13.4. The maximum Gasteiger partial charge on any atom is 0.120 e. The number of hydrogen-bond acceptors (Lipinski definition) is 2. The van der Waals surface area contributed by atoms with Gasteiger partial charge in [-0.3, -0.25) is 0 Å². The SMILES string of the molecule is Cc1cc(OC2CC(N)C23CCCCC3)ccc1Br. The largest absolute Gasteiger partial charge is 0.490 e. The molecule has 0 bridgehead atoms. The molecule has 2 N–H and O–H groups in total. The summed E-state index contributed by atoms with van der Waals surface area (Å²) in [5.74, 6) is 0.988. The highest BCUT2D eigenvalue weighted by atomic mass is 79.9. The van der Waals surface area contributed by atoms with Crippen LogP contribution in [0.15, 0.2) is 22.7 Å². The molecule has 2 nitrogen and oxygen atoms in total. The molecular weight excluding hydrogens is 302 g/mol. The van der Waals surface area contributed by atoms with Gasteiger partial charge in [0.1, 0.15) is 11.9 Å². The lowest BCUT2D eigenvalue weighted by Gasteiger charge is -2.56. The van der Waals surface area contributed by atoms with Gasteiger partial charge in [0.25, 0.3) is 0 Å². The molecule has 3 heteroatoms. The Bertz CT molecular complexity index is 468. The van der Waals surface area contributed by atoms with Crippen molar-refractivity contribution >= 4 is 15.9 Å². The quantitative estimate of drug-likeness (QED) is 0.885. The summed E-state index contributed by atoms with van der Waals surface area (Å²) in [6.07, 6.45) is 7.80. The van der Waals surface area contributed by atoms with Gasteiger partial charge in [0.05, 0.1) is 0 Å².